The predicted octanol–water partition coefficient (Wildman–Crippen LogP) is 2.99. The van der Waals surface area contributed by atoms with Crippen LogP contribution in [-0.4, -0.2) is 23.4 Å². The van der Waals surface area contributed by atoms with Crippen LogP contribution in [0.4, 0.5) is 0 Å². The molecule has 0 aliphatic carbocycles. The van der Waals surface area contributed by atoms with E-state index in [-0.39, 0.29) is 0 Å². The van der Waals surface area contributed by atoms with Crippen LogP contribution in [0, 0.1) is 12.8 Å². The van der Waals surface area contributed by atoms with E-state index in [1.165, 1.54) is 5.56 Å². The first kappa shape index (κ1) is 15.6. The number of rotatable bonds is 7. The van der Waals surface area contributed by atoms with Crippen LogP contribution in [0.25, 0.3) is 0 Å². The Kier molecular flexibility index (Phi) is 5.39. The average Bonchev–Trinajstić information content (AvgIpc) is 2.79. The Morgan fingerprint density at radius 1 is 1.24 bits per heavy atom. The minimum absolute atomic E-state index is 0.661. The SMILES string of the molecule is COc1ccccc1Cn1cc(CNCC(C)C)c(C)n1. The van der Waals surface area contributed by atoms with Gasteiger partial charge < -0.3 is 10.1 Å². The molecule has 0 amide bonds. The highest BCUT2D eigenvalue weighted by molar-refractivity contribution is 5.33. The average molecular weight is 287 g/mol. The summed E-state index contributed by atoms with van der Waals surface area (Å²) in [7, 11) is 1.70. The van der Waals surface area contributed by atoms with Crippen molar-refractivity contribution in [2.24, 2.45) is 5.92 Å². The highest BCUT2D eigenvalue weighted by atomic mass is 16.5. The summed E-state index contributed by atoms with van der Waals surface area (Å²) in [5.41, 5.74) is 3.48. The van der Waals surface area contributed by atoms with E-state index in [2.05, 4.69) is 43.4 Å². The third-order valence-corrected chi connectivity index (χ3v) is 3.44. The largest absolute Gasteiger partial charge is 0.496 e. The molecular formula is C17H25N3O. The molecular weight excluding hydrogens is 262 g/mol. The molecule has 4 nitrogen and oxygen atoms in total. The number of hydrogen-bond acceptors (Lipinski definition) is 3. The van der Waals surface area contributed by atoms with Crippen LogP contribution in [0.15, 0.2) is 30.5 Å². The second-order valence-electron chi connectivity index (χ2n) is 5.77. The van der Waals surface area contributed by atoms with Crippen molar-refractivity contribution in [2.45, 2.75) is 33.9 Å². The maximum Gasteiger partial charge on any atom is 0.123 e. The van der Waals surface area contributed by atoms with Crippen molar-refractivity contribution in [3.05, 3.63) is 47.3 Å². The Morgan fingerprint density at radius 2 is 2.00 bits per heavy atom. The minimum atomic E-state index is 0.661. The van der Waals surface area contributed by atoms with Crippen LogP contribution in [0.3, 0.4) is 0 Å². The van der Waals surface area contributed by atoms with Crippen LogP contribution in [-0.2, 0) is 13.1 Å². The monoisotopic (exact) mass is 287 g/mol. The molecule has 0 spiro atoms. The van der Waals surface area contributed by atoms with Crippen molar-refractivity contribution in [1.82, 2.24) is 15.1 Å². The quantitative estimate of drug-likeness (QED) is 0.851. The second kappa shape index (κ2) is 7.27. The molecule has 4 heteroatoms. The number of methoxy groups -OCH3 is 1. The fourth-order valence-electron chi connectivity index (χ4n) is 2.32. The van der Waals surface area contributed by atoms with Gasteiger partial charge in [0.1, 0.15) is 5.75 Å². The zero-order valence-electron chi connectivity index (χ0n) is 13.4. The van der Waals surface area contributed by atoms with Gasteiger partial charge in [-0.15, -0.1) is 0 Å². The van der Waals surface area contributed by atoms with Crippen LogP contribution in [0.1, 0.15) is 30.7 Å². The third kappa shape index (κ3) is 4.33. The lowest BCUT2D eigenvalue weighted by Crippen LogP contribution is -2.19. The molecule has 0 aliphatic heterocycles. The molecule has 2 aromatic rings. The normalized spacial score (nSPS) is 11.1. The van der Waals surface area contributed by atoms with Gasteiger partial charge in [0, 0.05) is 23.9 Å². The van der Waals surface area contributed by atoms with Crippen LogP contribution >= 0.6 is 0 Å². The molecule has 0 atom stereocenters. The van der Waals surface area contributed by atoms with Gasteiger partial charge >= 0.3 is 0 Å². The zero-order valence-corrected chi connectivity index (χ0v) is 13.4. The van der Waals surface area contributed by atoms with Gasteiger partial charge in [-0.1, -0.05) is 32.0 Å². The van der Waals surface area contributed by atoms with Gasteiger partial charge in [-0.25, -0.2) is 0 Å². The molecule has 2 rings (SSSR count). The molecule has 0 bridgehead atoms. The molecule has 0 saturated heterocycles. The number of aryl methyl sites for hydroxylation is 1. The number of aromatic nitrogens is 2. The first-order valence-electron chi connectivity index (χ1n) is 7.45. The van der Waals surface area contributed by atoms with E-state index in [0.717, 1.165) is 36.6 Å². The molecule has 0 fully saturated rings. The van der Waals surface area contributed by atoms with Crippen LogP contribution < -0.4 is 10.1 Å². The van der Waals surface area contributed by atoms with Crippen LogP contribution in [0.5, 0.6) is 5.75 Å². The number of nitrogens with zero attached hydrogens (tertiary/aromatic N) is 2. The topological polar surface area (TPSA) is 39.1 Å². The molecule has 1 aromatic carbocycles. The maximum atomic E-state index is 5.39. The summed E-state index contributed by atoms with van der Waals surface area (Å²) in [6.07, 6.45) is 2.12. The summed E-state index contributed by atoms with van der Waals surface area (Å²) < 4.78 is 7.38. The third-order valence-electron chi connectivity index (χ3n) is 3.44. The van der Waals surface area contributed by atoms with Crippen molar-refractivity contribution in [3.8, 4) is 5.75 Å². The second-order valence-corrected chi connectivity index (χ2v) is 5.77. The van der Waals surface area contributed by atoms with Crippen molar-refractivity contribution in [3.63, 3.8) is 0 Å². The molecule has 0 unspecified atom stereocenters. The Morgan fingerprint density at radius 3 is 2.71 bits per heavy atom. The predicted molar refractivity (Wildman–Crippen MR) is 85.6 cm³/mol. The van der Waals surface area contributed by atoms with Crippen molar-refractivity contribution in [2.75, 3.05) is 13.7 Å². The number of nitrogens with one attached hydrogen (secondary N) is 1. The lowest BCUT2D eigenvalue weighted by atomic mass is 10.2. The smallest absolute Gasteiger partial charge is 0.123 e. The molecule has 0 saturated carbocycles. The van der Waals surface area contributed by atoms with E-state index in [4.69, 9.17) is 4.74 Å². The van der Waals surface area contributed by atoms with Crippen molar-refractivity contribution in [1.29, 1.82) is 0 Å². The van der Waals surface area contributed by atoms with Crippen LogP contribution in [0.2, 0.25) is 0 Å². The molecule has 1 heterocycles. The molecule has 0 aliphatic rings. The van der Waals surface area contributed by atoms with E-state index >= 15 is 0 Å². The van der Waals surface area contributed by atoms with Gasteiger partial charge in [0.25, 0.3) is 0 Å². The van der Waals surface area contributed by atoms with E-state index in [0.29, 0.717) is 5.92 Å². The van der Waals surface area contributed by atoms with Crippen molar-refractivity contribution < 1.29 is 4.74 Å². The number of benzene rings is 1. The van der Waals surface area contributed by atoms with E-state index in [9.17, 15) is 0 Å². The Bertz CT molecular complexity index is 575. The zero-order chi connectivity index (χ0) is 15.2. The first-order valence-corrected chi connectivity index (χ1v) is 7.45. The maximum absolute atomic E-state index is 5.39. The van der Waals surface area contributed by atoms with Gasteiger partial charge in [-0.2, -0.15) is 5.10 Å². The summed E-state index contributed by atoms with van der Waals surface area (Å²) in [5.74, 6) is 1.57. The lowest BCUT2D eigenvalue weighted by molar-refractivity contribution is 0.407. The van der Waals surface area contributed by atoms with Crippen molar-refractivity contribution >= 4 is 0 Å². The molecule has 21 heavy (non-hydrogen) atoms. The summed E-state index contributed by atoms with van der Waals surface area (Å²) >= 11 is 0. The van der Waals surface area contributed by atoms with E-state index in [1.54, 1.807) is 7.11 Å². The van der Waals surface area contributed by atoms with Gasteiger partial charge in [0.15, 0.2) is 0 Å². The van der Waals surface area contributed by atoms with Gasteiger partial charge in [0.05, 0.1) is 19.3 Å². The molecule has 114 valence electrons. The Hall–Kier alpha value is -1.81. The van der Waals surface area contributed by atoms with Gasteiger partial charge in [0.2, 0.25) is 0 Å². The minimum Gasteiger partial charge on any atom is -0.496 e. The van der Waals surface area contributed by atoms with E-state index < -0.39 is 0 Å². The fourth-order valence-corrected chi connectivity index (χ4v) is 2.32. The standard InChI is InChI=1S/C17H25N3O/c1-13(2)9-18-10-16-12-20(19-14(16)3)11-15-7-5-6-8-17(15)21-4/h5-8,12-13,18H,9-11H2,1-4H3. The fraction of sp³-hybridized carbons (Fsp3) is 0.471. The summed E-state index contributed by atoms with van der Waals surface area (Å²) in [6, 6.07) is 8.07. The Balaban J connectivity index is 2.04. The highest BCUT2D eigenvalue weighted by Crippen LogP contribution is 2.18. The van der Waals surface area contributed by atoms with Gasteiger partial charge in [-0.05, 0) is 25.5 Å². The number of ether oxygens (including phenoxy) is 1. The molecule has 1 N–H and O–H groups in total. The highest BCUT2D eigenvalue weighted by Gasteiger charge is 2.08. The van der Waals surface area contributed by atoms with Gasteiger partial charge in [-0.3, -0.25) is 4.68 Å². The summed E-state index contributed by atoms with van der Waals surface area (Å²) in [6.45, 7) is 9.11. The summed E-state index contributed by atoms with van der Waals surface area (Å²) in [5, 5.41) is 8.06. The Labute approximate surface area is 127 Å². The lowest BCUT2D eigenvalue weighted by Gasteiger charge is -2.08. The first-order chi connectivity index (χ1) is 10.1. The number of para-hydroxylation sites is 1. The summed E-state index contributed by atoms with van der Waals surface area (Å²) in [4.78, 5) is 0. The van der Waals surface area contributed by atoms with E-state index in [1.807, 2.05) is 22.9 Å². The molecule has 0 radical (unpaired) electrons. The molecule has 1 aromatic heterocycles. The number of hydrogen-bond donors (Lipinski definition) is 1.